The van der Waals surface area contributed by atoms with Gasteiger partial charge in [0.15, 0.2) is 6.10 Å². The highest BCUT2D eigenvalue weighted by Gasteiger charge is 2.20. The fraction of sp³-hybridized carbons (Fsp3) is 0.409. The molecule has 0 aliphatic rings. The van der Waals surface area contributed by atoms with Gasteiger partial charge in [-0.15, -0.1) is 0 Å². The second-order valence-corrected chi connectivity index (χ2v) is 6.29. The summed E-state index contributed by atoms with van der Waals surface area (Å²) in [6, 6.07) is 15.2. The van der Waals surface area contributed by atoms with E-state index in [4.69, 9.17) is 14.2 Å². The molecule has 0 aliphatic heterocycles. The van der Waals surface area contributed by atoms with Crippen molar-refractivity contribution in [1.82, 2.24) is 0 Å². The summed E-state index contributed by atoms with van der Waals surface area (Å²) in [6.45, 7) is 6.57. The Morgan fingerprint density at radius 2 is 1.81 bits per heavy atom. The van der Waals surface area contributed by atoms with Crippen LogP contribution in [0.2, 0.25) is 0 Å². The standard InChI is InChI=1S/C22H28O5/c1-4-25-21(22(24)26-5-2)14-17-9-11-19(12-10-17)27-15-20(23)18-8-6-7-16(3)13-18/h6-13,20-21,23H,4-5,14-15H2,1-3H3. The minimum absolute atomic E-state index is 0.174. The van der Waals surface area contributed by atoms with E-state index < -0.39 is 12.2 Å². The van der Waals surface area contributed by atoms with Gasteiger partial charge < -0.3 is 19.3 Å². The number of hydrogen-bond acceptors (Lipinski definition) is 5. The van der Waals surface area contributed by atoms with Gasteiger partial charge in [-0.1, -0.05) is 42.0 Å². The van der Waals surface area contributed by atoms with Crippen LogP contribution in [0.1, 0.15) is 36.6 Å². The molecule has 0 saturated carbocycles. The largest absolute Gasteiger partial charge is 0.491 e. The molecule has 1 N–H and O–H groups in total. The molecule has 146 valence electrons. The number of hydrogen-bond donors (Lipinski definition) is 1. The SMILES string of the molecule is CCOC(=O)C(Cc1ccc(OCC(O)c2cccc(C)c2)cc1)OCC. The minimum Gasteiger partial charge on any atom is -0.491 e. The Balaban J connectivity index is 1.91. The van der Waals surface area contributed by atoms with Crippen LogP contribution in [0.15, 0.2) is 48.5 Å². The first-order chi connectivity index (χ1) is 13.0. The normalized spacial score (nSPS) is 13.0. The Hall–Kier alpha value is -2.37. The average Bonchev–Trinajstić information content (AvgIpc) is 2.67. The number of carbonyl (C=O) groups excluding carboxylic acids is 1. The van der Waals surface area contributed by atoms with Gasteiger partial charge in [0.2, 0.25) is 0 Å². The molecule has 5 heteroatoms. The minimum atomic E-state index is -0.685. The molecule has 0 radical (unpaired) electrons. The predicted molar refractivity (Wildman–Crippen MR) is 104 cm³/mol. The van der Waals surface area contributed by atoms with E-state index in [1.165, 1.54) is 0 Å². The first-order valence-corrected chi connectivity index (χ1v) is 9.28. The van der Waals surface area contributed by atoms with Crippen molar-refractivity contribution in [3.8, 4) is 5.75 Å². The van der Waals surface area contributed by atoms with Crippen molar-refractivity contribution in [2.45, 2.75) is 39.4 Å². The highest BCUT2D eigenvalue weighted by Crippen LogP contribution is 2.19. The highest BCUT2D eigenvalue weighted by atomic mass is 16.6. The quantitative estimate of drug-likeness (QED) is 0.646. The third-order valence-corrected chi connectivity index (χ3v) is 4.10. The van der Waals surface area contributed by atoms with Gasteiger partial charge in [0.1, 0.15) is 18.5 Å². The van der Waals surface area contributed by atoms with E-state index in [-0.39, 0.29) is 12.6 Å². The number of esters is 1. The van der Waals surface area contributed by atoms with Gasteiger partial charge in [-0.25, -0.2) is 4.79 Å². The zero-order valence-corrected chi connectivity index (χ0v) is 16.2. The van der Waals surface area contributed by atoms with Gasteiger partial charge in [0.25, 0.3) is 0 Å². The summed E-state index contributed by atoms with van der Waals surface area (Å²) < 4.78 is 16.2. The lowest BCUT2D eigenvalue weighted by Crippen LogP contribution is -2.28. The van der Waals surface area contributed by atoms with Crippen molar-refractivity contribution in [2.75, 3.05) is 19.8 Å². The zero-order chi connectivity index (χ0) is 19.6. The van der Waals surface area contributed by atoms with Crippen molar-refractivity contribution >= 4 is 5.97 Å². The van der Waals surface area contributed by atoms with E-state index in [2.05, 4.69) is 0 Å². The third kappa shape index (κ3) is 6.70. The number of benzene rings is 2. The maximum Gasteiger partial charge on any atom is 0.335 e. The summed E-state index contributed by atoms with van der Waals surface area (Å²) in [5.74, 6) is 0.315. The molecule has 0 aliphatic carbocycles. The molecule has 2 rings (SSSR count). The third-order valence-electron chi connectivity index (χ3n) is 4.10. The van der Waals surface area contributed by atoms with Crippen LogP contribution in [-0.2, 0) is 20.7 Å². The van der Waals surface area contributed by atoms with Crippen LogP contribution >= 0.6 is 0 Å². The molecule has 0 heterocycles. The highest BCUT2D eigenvalue weighted by molar-refractivity contribution is 5.75. The van der Waals surface area contributed by atoms with Crippen LogP contribution in [-0.4, -0.2) is 37.0 Å². The molecule has 2 aromatic carbocycles. The van der Waals surface area contributed by atoms with Crippen molar-refractivity contribution < 1.29 is 24.1 Å². The van der Waals surface area contributed by atoms with Crippen molar-refractivity contribution in [3.05, 3.63) is 65.2 Å². The van der Waals surface area contributed by atoms with Crippen molar-refractivity contribution in [3.63, 3.8) is 0 Å². The first kappa shape index (κ1) is 20.9. The molecule has 2 atom stereocenters. The number of ether oxygens (including phenoxy) is 3. The number of rotatable bonds is 10. The molecule has 5 nitrogen and oxygen atoms in total. The predicted octanol–water partition coefficient (Wildman–Crippen LogP) is 3.62. The molecule has 0 spiro atoms. The van der Waals surface area contributed by atoms with E-state index in [0.717, 1.165) is 16.7 Å². The van der Waals surface area contributed by atoms with Crippen LogP contribution < -0.4 is 4.74 Å². The topological polar surface area (TPSA) is 65.0 Å². The second kappa shape index (κ2) is 10.7. The van der Waals surface area contributed by atoms with Gasteiger partial charge in [-0.2, -0.15) is 0 Å². The number of aliphatic hydroxyl groups is 1. The van der Waals surface area contributed by atoms with E-state index in [1.54, 1.807) is 6.92 Å². The molecule has 2 unspecified atom stereocenters. The van der Waals surface area contributed by atoms with Crippen LogP contribution in [0.5, 0.6) is 5.75 Å². The molecule has 27 heavy (non-hydrogen) atoms. The summed E-state index contributed by atoms with van der Waals surface area (Å²) in [5, 5.41) is 10.3. The Morgan fingerprint density at radius 1 is 1.07 bits per heavy atom. The van der Waals surface area contributed by atoms with Crippen LogP contribution in [0.4, 0.5) is 0 Å². The Labute approximate surface area is 160 Å². The van der Waals surface area contributed by atoms with Gasteiger partial charge in [-0.3, -0.25) is 0 Å². The Kier molecular flexibility index (Phi) is 8.30. The maximum atomic E-state index is 11.9. The maximum absolute atomic E-state index is 11.9. The van der Waals surface area contributed by atoms with Crippen molar-refractivity contribution in [1.29, 1.82) is 0 Å². The number of aryl methyl sites for hydroxylation is 1. The molecular weight excluding hydrogens is 344 g/mol. The lowest BCUT2D eigenvalue weighted by Gasteiger charge is -2.16. The smallest absolute Gasteiger partial charge is 0.335 e. The van der Waals surface area contributed by atoms with Crippen LogP contribution in [0.3, 0.4) is 0 Å². The first-order valence-electron chi connectivity index (χ1n) is 9.28. The summed E-state index contributed by atoms with van der Waals surface area (Å²) in [4.78, 5) is 11.9. The van der Waals surface area contributed by atoms with E-state index in [1.807, 2.05) is 62.4 Å². The molecular formula is C22H28O5. The second-order valence-electron chi connectivity index (χ2n) is 6.29. The lowest BCUT2D eigenvalue weighted by atomic mass is 10.1. The van der Waals surface area contributed by atoms with E-state index in [0.29, 0.717) is 25.4 Å². The zero-order valence-electron chi connectivity index (χ0n) is 16.2. The van der Waals surface area contributed by atoms with Gasteiger partial charge in [-0.05, 0) is 44.0 Å². The monoisotopic (exact) mass is 372 g/mol. The Bertz CT molecular complexity index is 711. The molecule has 0 aromatic heterocycles. The van der Waals surface area contributed by atoms with Crippen molar-refractivity contribution in [2.24, 2.45) is 0 Å². The van der Waals surface area contributed by atoms with E-state index in [9.17, 15) is 9.90 Å². The average molecular weight is 372 g/mol. The molecule has 0 saturated heterocycles. The lowest BCUT2D eigenvalue weighted by molar-refractivity contribution is -0.156. The Morgan fingerprint density at radius 3 is 2.44 bits per heavy atom. The number of carbonyl (C=O) groups is 1. The van der Waals surface area contributed by atoms with E-state index >= 15 is 0 Å². The van der Waals surface area contributed by atoms with Gasteiger partial charge in [0.05, 0.1) is 6.61 Å². The molecule has 0 amide bonds. The van der Waals surface area contributed by atoms with Crippen LogP contribution in [0.25, 0.3) is 0 Å². The van der Waals surface area contributed by atoms with Gasteiger partial charge >= 0.3 is 5.97 Å². The van der Waals surface area contributed by atoms with Crippen LogP contribution in [0, 0.1) is 6.92 Å². The van der Waals surface area contributed by atoms with Gasteiger partial charge in [0, 0.05) is 13.0 Å². The summed E-state index contributed by atoms with van der Waals surface area (Å²) in [6.07, 6.45) is -0.848. The molecule has 2 aromatic rings. The fourth-order valence-corrected chi connectivity index (χ4v) is 2.73. The fourth-order valence-electron chi connectivity index (χ4n) is 2.73. The summed E-state index contributed by atoms with van der Waals surface area (Å²) in [7, 11) is 0. The summed E-state index contributed by atoms with van der Waals surface area (Å²) >= 11 is 0. The molecule has 0 bridgehead atoms. The molecule has 0 fully saturated rings. The number of aliphatic hydroxyl groups excluding tert-OH is 1. The summed E-state index contributed by atoms with van der Waals surface area (Å²) in [5.41, 5.74) is 2.88.